The fourth-order valence-corrected chi connectivity index (χ4v) is 3.41. The van der Waals surface area contributed by atoms with Crippen LogP contribution in [0.15, 0.2) is 30.3 Å². The number of ether oxygens (including phenoxy) is 4. The van der Waals surface area contributed by atoms with E-state index in [-0.39, 0.29) is 30.1 Å². The van der Waals surface area contributed by atoms with Gasteiger partial charge in [0, 0.05) is 20.0 Å². The molecule has 0 unspecified atom stereocenters. The average Bonchev–Trinajstić information content (AvgIpc) is 3.32. The largest absolute Gasteiger partial charge is 0.370 e. The van der Waals surface area contributed by atoms with E-state index in [0.29, 0.717) is 13.2 Å². The van der Waals surface area contributed by atoms with Crippen LogP contribution in [0.2, 0.25) is 0 Å². The lowest BCUT2D eigenvalue weighted by atomic mass is 9.94. The third kappa shape index (κ3) is 4.43. The van der Waals surface area contributed by atoms with E-state index in [1.165, 1.54) is 0 Å². The Kier molecular flexibility index (Phi) is 5.67. The molecule has 2 saturated heterocycles. The Hall–Kier alpha value is -1.47. The Morgan fingerprint density at radius 2 is 2.00 bits per heavy atom. The minimum absolute atomic E-state index is 0.00687. The minimum Gasteiger partial charge on any atom is -0.370 e. The maximum absolute atomic E-state index is 12.2. The minimum atomic E-state index is -0.623. The summed E-state index contributed by atoms with van der Waals surface area (Å²) in [5.74, 6) is -0.621. The van der Waals surface area contributed by atoms with E-state index >= 15 is 0 Å². The van der Waals surface area contributed by atoms with Crippen LogP contribution in [0.5, 0.6) is 0 Å². The smallest absolute Gasteiger partial charge is 0.253 e. The van der Waals surface area contributed by atoms with Crippen molar-refractivity contribution in [3.63, 3.8) is 0 Å². The Morgan fingerprint density at radius 1 is 1.31 bits per heavy atom. The molecule has 6 nitrogen and oxygen atoms in total. The molecule has 2 aliphatic heterocycles. The summed E-state index contributed by atoms with van der Waals surface area (Å²) in [6.45, 7) is 6.80. The van der Waals surface area contributed by atoms with Crippen molar-refractivity contribution in [3.8, 4) is 0 Å². The Morgan fingerprint density at radius 3 is 2.58 bits per heavy atom. The summed E-state index contributed by atoms with van der Waals surface area (Å²) >= 11 is 0. The van der Waals surface area contributed by atoms with Crippen LogP contribution in [0.3, 0.4) is 0 Å². The van der Waals surface area contributed by atoms with E-state index in [4.69, 9.17) is 18.9 Å². The second kappa shape index (κ2) is 7.64. The van der Waals surface area contributed by atoms with Crippen molar-refractivity contribution in [2.24, 2.45) is 5.92 Å². The lowest BCUT2D eigenvalue weighted by Gasteiger charge is -2.29. The van der Waals surface area contributed by atoms with Gasteiger partial charge in [-0.05, 0) is 19.4 Å². The fourth-order valence-electron chi connectivity index (χ4n) is 3.41. The topological polar surface area (TPSA) is 60.5 Å². The van der Waals surface area contributed by atoms with Gasteiger partial charge in [-0.1, -0.05) is 37.3 Å². The van der Waals surface area contributed by atoms with Crippen molar-refractivity contribution in [1.82, 2.24) is 4.90 Å². The molecule has 26 heavy (non-hydrogen) atoms. The number of epoxide rings is 1. The number of rotatable bonds is 7. The zero-order valence-corrected chi connectivity index (χ0v) is 16.2. The average molecular weight is 363 g/mol. The second-order valence-corrected chi connectivity index (χ2v) is 7.74. The Bertz CT molecular complexity index is 618. The standard InChI is InChI=1S/C20H29NO5/c1-13(17-18(25-17)19(22)21(4)5)16(15-12-24-20(2,3)26-15)23-11-14-9-7-6-8-10-14/h6-10,13,15-18H,11-12H2,1-5H3/t13-,15+,16-,17-,18+/m0/s1. The molecule has 2 heterocycles. The molecule has 1 aromatic rings. The number of likely N-dealkylation sites (N-methyl/N-ethyl adjacent to an activating group) is 1. The van der Waals surface area contributed by atoms with Crippen molar-refractivity contribution in [3.05, 3.63) is 35.9 Å². The van der Waals surface area contributed by atoms with Crippen LogP contribution in [0.1, 0.15) is 26.3 Å². The maximum Gasteiger partial charge on any atom is 0.253 e. The summed E-state index contributed by atoms with van der Waals surface area (Å²) in [7, 11) is 3.48. The summed E-state index contributed by atoms with van der Waals surface area (Å²) in [5.41, 5.74) is 1.10. The molecule has 1 aromatic carbocycles. The molecule has 3 rings (SSSR count). The predicted octanol–water partition coefficient (Wildman–Crippen LogP) is 2.21. The third-order valence-electron chi connectivity index (χ3n) is 4.93. The van der Waals surface area contributed by atoms with Crippen molar-refractivity contribution >= 4 is 5.91 Å². The lowest BCUT2D eigenvalue weighted by molar-refractivity contribution is -0.164. The number of carbonyl (C=O) groups is 1. The molecule has 1 amide bonds. The third-order valence-corrected chi connectivity index (χ3v) is 4.93. The van der Waals surface area contributed by atoms with E-state index in [1.54, 1.807) is 19.0 Å². The van der Waals surface area contributed by atoms with E-state index in [2.05, 4.69) is 6.92 Å². The molecule has 2 aliphatic rings. The summed E-state index contributed by atoms with van der Waals surface area (Å²) < 4.78 is 23.7. The lowest BCUT2D eigenvalue weighted by Crippen LogP contribution is -2.41. The molecule has 0 saturated carbocycles. The number of carbonyl (C=O) groups excluding carboxylic acids is 1. The van der Waals surface area contributed by atoms with Gasteiger partial charge in [-0.25, -0.2) is 0 Å². The van der Waals surface area contributed by atoms with Crippen LogP contribution in [0.25, 0.3) is 0 Å². The predicted molar refractivity (Wildman–Crippen MR) is 96.4 cm³/mol. The molecule has 0 spiro atoms. The van der Waals surface area contributed by atoms with Gasteiger partial charge in [0.05, 0.1) is 25.4 Å². The first-order valence-corrected chi connectivity index (χ1v) is 9.12. The van der Waals surface area contributed by atoms with Gasteiger partial charge in [0.1, 0.15) is 6.10 Å². The highest BCUT2D eigenvalue weighted by Gasteiger charge is 2.53. The molecule has 144 valence electrons. The molecular formula is C20H29NO5. The summed E-state index contributed by atoms with van der Waals surface area (Å²) in [6.07, 6.45) is -0.957. The summed E-state index contributed by atoms with van der Waals surface area (Å²) in [5, 5.41) is 0. The summed E-state index contributed by atoms with van der Waals surface area (Å²) in [6, 6.07) is 10.0. The fraction of sp³-hybridized carbons (Fsp3) is 0.650. The number of amides is 1. The first-order chi connectivity index (χ1) is 12.3. The molecule has 5 atom stereocenters. The van der Waals surface area contributed by atoms with Gasteiger partial charge in [-0.3, -0.25) is 4.79 Å². The van der Waals surface area contributed by atoms with Crippen LogP contribution >= 0.6 is 0 Å². The van der Waals surface area contributed by atoms with E-state index < -0.39 is 11.9 Å². The molecule has 0 bridgehead atoms. The van der Waals surface area contributed by atoms with Crippen LogP contribution in [0, 0.1) is 5.92 Å². The highest BCUT2D eigenvalue weighted by Crippen LogP contribution is 2.37. The zero-order valence-electron chi connectivity index (χ0n) is 16.2. The second-order valence-electron chi connectivity index (χ2n) is 7.74. The van der Waals surface area contributed by atoms with Gasteiger partial charge < -0.3 is 23.8 Å². The van der Waals surface area contributed by atoms with E-state index in [9.17, 15) is 4.79 Å². The van der Waals surface area contributed by atoms with E-state index in [0.717, 1.165) is 5.56 Å². The highest BCUT2D eigenvalue weighted by atomic mass is 16.7. The van der Waals surface area contributed by atoms with Gasteiger partial charge in [-0.2, -0.15) is 0 Å². The van der Waals surface area contributed by atoms with Gasteiger partial charge in [0.25, 0.3) is 5.91 Å². The monoisotopic (exact) mass is 363 g/mol. The van der Waals surface area contributed by atoms with Crippen LogP contribution in [-0.4, -0.2) is 61.7 Å². The van der Waals surface area contributed by atoms with Crippen molar-refractivity contribution in [1.29, 1.82) is 0 Å². The first kappa shape index (κ1) is 19.3. The number of nitrogens with zero attached hydrogens (tertiary/aromatic N) is 1. The number of hydrogen-bond donors (Lipinski definition) is 0. The maximum atomic E-state index is 12.2. The SMILES string of the molecule is C[C@@H]([C@H](OCc1ccccc1)[C@H]1COC(C)(C)O1)[C@@H]1O[C@H]1C(=O)N(C)C. The van der Waals surface area contributed by atoms with Crippen molar-refractivity contribution in [2.45, 2.75) is 57.6 Å². The first-order valence-electron chi connectivity index (χ1n) is 9.12. The molecule has 2 fully saturated rings. The quantitative estimate of drug-likeness (QED) is 0.695. The number of benzene rings is 1. The van der Waals surface area contributed by atoms with Gasteiger partial charge >= 0.3 is 0 Å². The molecule has 0 radical (unpaired) electrons. The molecule has 0 aliphatic carbocycles. The Balaban J connectivity index is 1.68. The highest BCUT2D eigenvalue weighted by molar-refractivity contribution is 5.83. The van der Waals surface area contributed by atoms with Crippen molar-refractivity contribution < 1.29 is 23.7 Å². The molecule has 0 aromatic heterocycles. The molecule has 6 heteroatoms. The normalized spacial score (nSPS) is 29.2. The zero-order chi connectivity index (χ0) is 18.9. The van der Waals surface area contributed by atoms with Gasteiger partial charge in [0.15, 0.2) is 11.9 Å². The number of hydrogen-bond acceptors (Lipinski definition) is 5. The van der Waals surface area contributed by atoms with Gasteiger partial charge in [0.2, 0.25) is 0 Å². The summed E-state index contributed by atoms with van der Waals surface area (Å²) in [4.78, 5) is 13.7. The van der Waals surface area contributed by atoms with Gasteiger partial charge in [-0.15, -0.1) is 0 Å². The van der Waals surface area contributed by atoms with Crippen molar-refractivity contribution in [2.75, 3.05) is 20.7 Å². The Labute approximate surface area is 155 Å². The van der Waals surface area contributed by atoms with Crippen LogP contribution in [-0.2, 0) is 30.3 Å². The van der Waals surface area contributed by atoms with Crippen LogP contribution < -0.4 is 0 Å². The van der Waals surface area contributed by atoms with Crippen LogP contribution in [0.4, 0.5) is 0 Å². The van der Waals surface area contributed by atoms with E-state index in [1.807, 2.05) is 44.2 Å². The molecule has 0 N–H and O–H groups in total. The molecular weight excluding hydrogens is 334 g/mol.